The van der Waals surface area contributed by atoms with E-state index in [-0.39, 0.29) is 0 Å². The Kier molecular flexibility index (Phi) is 19.9. The van der Waals surface area contributed by atoms with E-state index in [0.29, 0.717) is 6.23 Å². The maximum absolute atomic E-state index is 5.67. The van der Waals surface area contributed by atoms with Gasteiger partial charge in [-0.2, -0.15) is 0 Å². The van der Waals surface area contributed by atoms with Crippen molar-refractivity contribution in [2.75, 3.05) is 34.2 Å². The highest BCUT2D eigenvalue weighted by Gasteiger charge is 2.38. The molecule has 0 aromatic rings. The van der Waals surface area contributed by atoms with Gasteiger partial charge in [0.2, 0.25) is 0 Å². The van der Waals surface area contributed by atoms with Crippen molar-refractivity contribution in [3.63, 3.8) is 0 Å². The molecule has 0 aliphatic rings. The molecular weight excluding hydrogens is 344 g/mol. The van der Waals surface area contributed by atoms with Gasteiger partial charge in [0, 0.05) is 27.9 Å². The first-order valence-electron chi connectivity index (χ1n) is 11.0. The molecular formula is C21H46O4Si. The van der Waals surface area contributed by atoms with Crippen molar-refractivity contribution in [2.45, 2.75) is 103 Å². The van der Waals surface area contributed by atoms with Crippen LogP contribution in [0.2, 0.25) is 0 Å². The normalized spacial score (nSPS) is 12.0. The van der Waals surface area contributed by atoms with Crippen molar-refractivity contribution in [3.8, 4) is 0 Å². The lowest BCUT2D eigenvalue weighted by molar-refractivity contribution is 0.0622. The fourth-order valence-corrected chi connectivity index (χ4v) is 4.45. The van der Waals surface area contributed by atoms with Crippen LogP contribution in [0.5, 0.6) is 0 Å². The van der Waals surface area contributed by atoms with Crippen LogP contribution in [0.15, 0.2) is 0 Å². The average Bonchev–Trinajstić information content (AvgIpc) is 2.68. The van der Waals surface area contributed by atoms with Gasteiger partial charge in [-0.1, -0.05) is 96.8 Å². The monoisotopic (exact) mass is 390 g/mol. The molecule has 26 heavy (non-hydrogen) atoms. The molecule has 0 saturated heterocycles. The van der Waals surface area contributed by atoms with Crippen LogP contribution in [0.25, 0.3) is 0 Å². The van der Waals surface area contributed by atoms with E-state index >= 15 is 0 Å². The molecule has 0 bridgehead atoms. The van der Waals surface area contributed by atoms with Crippen LogP contribution < -0.4 is 0 Å². The molecule has 0 fully saturated rings. The van der Waals surface area contributed by atoms with Crippen molar-refractivity contribution in [3.05, 3.63) is 0 Å². The fraction of sp³-hybridized carbons (Fsp3) is 1.00. The maximum Gasteiger partial charge on any atom is 0.527 e. The quantitative estimate of drug-likeness (QED) is 0.170. The molecule has 0 heterocycles. The van der Waals surface area contributed by atoms with Crippen LogP contribution >= 0.6 is 0 Å². The van der Waals surface area contributed by atoms with Crippen molar-refractivity contribution in [1.82, 2.24) is 0 Å². The van der Waals surface area contributed by atoms with Gasteiger partial charge in [-0.3, -0.25) is 0 Å². The third-order valence-electron chi connectivity index (χ3n) is 5.10. The van der Waals surface area contributed by atoms with Crippen LogP contribution in [-0.4, -0.2) is 43.0 Å². The van der Waals surface area contributed by atoms with Gasteiger partial charge >= 0.3 is 8.80 Å². The van der Waals surface area contributed by atoms with E-state index < -0.39 is 8.80 Å². The summed E-state index contributed by atoms with van der Waals surface area (Å²) in [5.41, 5.74) is 0. The van der Waals surface area contributed by atoms with Crippen LogP contribution in [0.1, 0.15) is 103 Å². The molecule has 0 spiro atoms. The Morgan fingerprint density at radius 3 is 1.19 bits per heavy atom. The zero-order valence-corrected chi connectivity index (χ0v) is 19.2. The minimum atomic E-state index is -2.55. The first kappa shape index (κ1) is 26.1. The van der Waals surface area contributed by atoms with Crippen molar-refractivity contribution < 1.29 is 18.0 Å². The van der Waals surface area contributed by atoms with Crippen molar-refractivity contribution in [2.24, 2.45) is 0 Å². The number of ether oxygens (including phenoxy) is 1. The minimum Gasteiger partial charge on any atom is -0.377 e. The van der Waals surface area contributed by atoms with Gasteiger partial charge in [0.05, 0.1) is 0 Å². The van der Waals surface area contributed by atoms with Crippen LogP contribution in [-0.2, 0) is 18.0 Å². The van der Waals surface area contributed by atoms with Gasteiger partial charge in [0.1, 0.15) is 6.23 Å². The summed E-state index contributed by atoms with van der Waals surface area (Å²) in [7, 11) is 2.32. The number of unbranched alkanes of at least 4 members (excludes halogenated alkanes) is 14. The molecule has 0 aliphatic heterocycles. The Morgan fingerprint density at radius 2 is 0.846 bits per heavy atom. The second-order valence-electron chi connectivity index (χ2n) is 7.30. The molecule has 0 saturated carbocycles. The van der Waals surface area contributed by atoms with E-state index in [4.69, 9.17) is 18.0 Å². The highest BCUT2D eigenvalue weighted by molar-refractivity contribution is 6.60. The van der Waals surface area contributed by atoms with E-state index in [1.807, 2.05) is 0 Å². The number of hydrogen-bond donors (Lipinski definition) is 0. The molecule has 0 amide bonds. The van der Waals surface area contributed by atoms with Crippen LogP contribution in [0.3, 0.4) is 0 Å². The molecule has 0 rings (SSSR count). The highest BCUT2D eigenvalue weighted by atomic mass is 28.4. The predicted molar refractivity (Wildman–Crippen MR) is 113 cm³/mol. The van der Waals surface area contributed by atoms with E-state index in [1.165, 1.54) is 89.9 Å². The Hall–Kier alpha value is 0.0569. The van der Waals surface area contributed by atoms with E-state index in [2.05, 4.69) is 6.92 Å². The molecule has 0 N–H and O–H groups in total. The van der Waals surface area contributed by atoms with Gasteiger partial charge in [-0.25, -0.2) is 0 Å². The molecule has 0 aromatic carbocycles. The lowest BCUT2D eigenvalue weighted by Gasteiger charge is -2.23. The fourth-order valence-electron chi connectivity index (χ4n) is 3.20. The summed E-state index contributed by atoms with van der Waals surface area (Å²) >= 11 is 0. The first-order valence-corrected chi connectivity index (χ1v) is 12.9. The number of rotatable bonds is 21. The molecule has 0 aromatic heterocycles. The lowest BCUT2D eigenvalue weighted by Crippen LogP contribution is -2.48. The Balaban J connectivity index is 3.20. The summed E-state index contributed by atoms with van der Waals surface area (Å²) in [5.74, 6) is 0. The Morgan fingerprint density at radius 1 is 0.500 bits per heavy atom. The Bertz CT molecular complexity index is 264. The standard InChI is InChI=1S/C21H46O4Si/c1-5-6-7-8-9-10-11-12-13-14-15-16-17-18-19-20-25-21-26(22-2,23-3)24-4/h5-21H2,1-4H3. The van der Waals surface area contributed by atoms with E-state index in [0.717, 1.165) is 13.0 Å². The predicted octanol–water partition coefficient (Wildman–Crippen LogP) is 6.29. The summed E-state index contributed by atoms with van der Waals surface area (Å²) in [6, 6.07) is 0. The van der Waals surface area contributed by atoms with Gasteiger partial charge in [0.15, 0.2) is 0 Å². The minimum absolute atomic E-state index is 0.440. The summed E-state index contributed by atoms with van der Waals surface area (Å²) in [6.07, 6.45) is 21.2. The maximum atomic E-state index is 5.67. The topological polar surface area (TPSA) is 36.9 Å². The second-order valence-corrected chi connectivity index (χ2v) is 10.2. The van der Waals surface area contributed by atoms with Gasteiger partial charge < -0.3 is 18.0 Å². The Labute approximate surface area is 164 Å². The molecule has 4 nitrogen and oxygen atoms in total. The smallest absolute Gasteiger partial charge is 0.377 e. The van der Waals surface area contributed by atoms with Crippen molar-refractivity contribution >= 4 is 8.80 Å². The first-order chi connectivity index (χ1) is 12.7. The highest BCUT2D eigenvalue weighted by Crippen LogP contribution is 2.13. The molecule has 5 heteroatoms. The summed E-state index contributed by atoms with van der Waals surface area (Å²) in [4.78, 5) is 0. The van der Waals surface area contributed by atoms with Gasteiger partial charge in [-0.15, -0.1) is 0 Å². The van der Waals surface area contributed by atoms with Crippen LogP contribution in [0, 0.1) is 0 Å². The SMILES string of the molecule is CCCCCCCCCCCCCCCCCOC[Si](OC)(OC)OC. The molecule has 0 atom stereocenters. The summed E-state index contributed by atoms with van der Waals surface area (Å²) in [6.45, 7) is 3.05. The zero-order valence-electron chi connectivity index (χ0n) is 18.2. The second kappa shape index (κ2) is 19.8. The van der Waals surface area contributed by atoms with Crippen molar-refractivity contribution in [1.29, 1.82) is 0 Å². The third kappa shape index (κ3) is 15.1. The molecule has 0 unspecified atom stereocenters. The zero-order chi connectivity index (χ0) is 19.3. The molecule has 0 aliphatic carbocycles. The van der Waals surface area contributed by atoms with E-state index in [1.54, 1.807) is 21.3 Å². The van der Waals surface area contributed by atoms with E-state index in [9.17, 15) is 0 Å². The molecule has 158 valence electrons. The van der Waals surface area contributed by atoms with Gasteiger partial charge in [-0.05, 0) is 6.42 Å². The lowest BCUT2D eigenvalue weighted by atomic mass is 10.0. The van der Waals surface area contributed by atoms with Gasteiger partial charge in [0.25, 0.3) is 0 Å². The molecule has 0 radical (unpaired) electrons. The third-order valence-corrected chi connectivity index (χ3v) is 7.53. The number of hydrogen-bond acceptors (Lipinski definition) is 4. The largest absolute Gasteiger partial charge is 0.527 e. The summed E-state index contributed by atoms with van der Waals surface area (Å²) < 4.78 is 21.7. The van der Waals surface area contributed by atoms with Crippen LogP contribution in [0.4, 0.5) is 0 Å². The summed E-state index contributed by atoms with van der Waals surface area (Å²) in [5, 5.41) is 0. The average molecular weight is 391 g/mol.